The van der Waals surface area contributed by atoms with Crippen LogP contribution >= 0.6 is 27.3 Å². The highest BCUT2D eigenvalue weighted by Gasteiger charge is 2.22. The number of carboxylic acids is 1. The maximum atomic E-state index is 10.8. The smallest absolute Gasteiger partial charge is 0.337 e. The molecule has 14 heavy (non-hydrogen) atoms. The quantitative estimate of drug-likeness (QED) is 0.889. The van der Waals surface area contributed by atoms with E-state index >= 15 is 0 Å². The Kier molecular flexibility index (Phi) is 2.93. The molecule has 1 aliphatic carbocycles. The molecule has 1 saturated carbocycles. The largest absolute Gasteiger partial charge is 0.478 e. The first-order valence-corrected chi connectivity index (χ1v) is 6.32. The molecular weight excluding hydrogens is 264 g/mol. The zero-order chi connectivity index (χ0) is 10.1. The maximum Gasteiger partial charge on any atom is 0.337 e. The van der Waals surface area contributed by atoms with Crippen molar-refractivity contribution in [1.82, 2.24) is 0 Å². The predicted molar refractivity (Wildman–Crippen MR) is 60.2 cm³/mol. The van der Waals surface area contributed by atoms with E-state index in [0.717, 1.165) is 3.79 Å². The Balaban J connectivity index is 2.27. The fourth-order valence-electron chi connectivity index (χ4n) is 1.94. The van der Waals surface area contributed by atoms with Crippen LogP contribution in [0, 0.1) is 0 Å². The van der Waals surface area contributed by atoms with Gasteiger partial charge in [-0.05, 0) is 40.8 Å². The van der Waals surface area contributed by atoms with E-state index in [9.17, 15) is 4.79 Å². The molecule has 0 amide bonds. The summed E-state index contributed by atoms with van der Waals surface area (Å²) < 4.78 is 0.756. The van der Waals surface area contributed by atoms with Crippen LogP contribution in [-0.2, 0) is 0 Å². The minimum atomic E-state index is -0.836. The highest BCUT2D eigenvalue weighted by molar-refractivity contribution is 9.11. The first-order valence-electron chi connectivity index (χ1n) is 4.71. The van der Waals surface area contributed by atoms with Crippen LogP contribution in [0.15, 0.2) is 9.85 Å². The maximum absolute atomic E-state index is 10.8. The van der Waals surface area contributed by atoms with Gasteiger partial charge in [-0.2, -0.15) is 0 Å². The third-order valence-electron chi connectivity index (χ3n) is 2.69. The van der Waals surface area contributed by atoms with E-state index < -0.39 is 5.97 Å². The highest BCUT2D eigenvalue weighted by Crippen LogP contribution is 2.40. The number of hydrogen-bond donors (Lipinski definition) is 1. The molecule has 1 aromatic heterocycles. The molecule has 0 radical (unpaired) electrons. The van der Waals surface area contributed by atoms with Crippen LogP contribution in [0.2, 0.25) is 0 Å². The standard InChI is InChI=1S/C10H11BrO2S/c11-9-7(10(12)13)5-8(14-9)6-3-1-2-4-6/h5-6H,1-4H2,(H,12,13). The van der Waals surface area contributed by atoms with E-state index in [1.807, 2.05) is 6.07 Å². The van der Waals surface area contributed by atoms with Gasteiger partial charge in [-0.25, -0.2) is 4.79 Å². The molecule has 76 valence electrons. The predicted octanol–water partition coefficient (Wildman–Crippen LogP) is 3.87. The lowest BCUT2D eigenvalue weighted by molar-refractivity contribution is 0.0696. The molecule has 4 heteroatoms. The minimum absolute atomic E-state index is 0.414. The van der Waals surface area contributed by atoms with Crippen LogP contribution in [0.3, 0.4) is 0 Å². The molecule has 1 fully saturated rings. The van der Waals surface area contributed by atoms with E-state index in [0.29, 0.717) is 11.5 Å². The van der Waals surface area contributed by atoms with Gasteiger partial charge in [0.2, 0.25) is 0 Å². The lowest BCUT2D eigenvalue weighted by Gasteiger charge is -2.03. The molecule has 2 rings (SSSR count). The van der Waals surface area contributed by atoms with Gasteiger partial charge in [-0.1, -0.05) is 12.8 Å². The summed E-state index contributed by atoms with van der Waals surface area (Å²) in [6, 6.07) is 1.83. The van der Waals surface area contributed by atoms with Crippen molar-refractivity contribution >= 4 is 33.2 Å². The summed E-state index contributed by atoms with van der Waals surface area (Å²) in [6.07, 6.45) is 4.99. The Bertz CT molecular complexity index is 353. The molecule has 0 atom stereocenters. The molecule has 0 bridgehead atoms. The summed E-state index contributed by atoms with van der Waals surface area (Å²) in [7, 11) is 0. The van der Waals surface area contributed by atoms with Crippen molar-refractivity contribution < 1.29 is 9.90 Å². The van der Waals surface area contributed by atoms with Crippen LogP contribution in [0.5, 0.6) is 0 Å². The van der Waals surface area contributed by atoms with Crippen LogP contribution in [0.4, 0.5) is 0 Å². The summed E-state index contributed by atoms with van der Waals surface area (Å²) in [4.78, 5) is 12.1. The van der Waals surface area contributed by atoms with Gasteiger partial charge in [0.15, 0.2) is 0 Å². The number of carbonyl (C=O) groups is 1. The van der Waals surface area contributed by atoms with E-state index in [2.05, 4.69) is 15.9 Å². The summed E-state index contributed by atoms with van der Waals surface area (Å²) in [6.45, 7) is 0. The molecule has 1 aliphatic rings. The lowest BCUT2D eigenvalue weighted by atomic mass is 10.1. The number of rotatable bonds is 2. The van der Waals surface area contributed by atoms with E-state index in [1.165, 1.54) is 30.6 Å². The topological polar surface area (TPSA) is 37.3 Å². The Labute approximate surface area is 95.1 Å². The average molecular weight is 275 g/mol. The monoisotopic (exact) mass is 274 g/mol. The highest BCUT2D eigenvalue weighted by atomic mass is 79.9. The first kappa shape index (κ1) is 10.2. The van der Waals surface area contributed by atoms with E-state index in [-0.39, 0.29) is 0 Å². The Morgan fingerprint density at radius 3 is 2.64 bits per heavy atom. The van der Waals surface area contributed by atoms with E-state index in [1.54, 1.807) is 11.3 Å². The molecule has 1 heterocycles. The Morgan fingerprint density at radius 1 is 1.50 bits per heavy atom. The zero-order valence-corrected chi connectivity index (χ0v) is 10.0. The summed E-state index contributed by atoms with van der Waals surface area (Å²) in [5.41, 5.74) is 0.414. The second-order valence-corrected chi connectivity index (χ2v) is 6.02. The first-order chi connectivity index (χ1) is 6.68. The molecule has 0 aromatic carbocycles. The number of aromatic carboxylic acids is 1. The number of hydrogen-bond acceptors (Lipinski definition) is 2. The fourth-order valence-corrected chi connectivity index (χ4v) is 3.83. The molecular formula is C10H11BrO2S. The number of thiophene rings is 1. The summed E-state index contributed by atoms with van der Waals surface area (Å²) >= 11 is 4.88. The normalized spacial score (nSPS) is 17.5. The molecule has 1 N–H and O–H groups in total. The fraction of sp³-hybridized carbons (Fsp3) is 0.500. The van der Waals surface area contributed by atoms with Crippen LogP contribution in [0.1, 0.15) is 46.8 Å². The van der Waals surface area contributed by atoms with Crippen molar-refractivity contribution in [2.75, 3.05) is 0 Å². The van der Waals surface area contributed by atoms with E-state index in [4.69, 9.17) is 5.11 Å². The Hall–Kier alpha value is -0.350. The van der Waals surface area contributed by atoms with Gasteiger partial charge in [0, 0.05) is 4.88 Å². The summed E-state index contributed by atoms with van der Waals surface area (Å²) in [5.74, 6) is -0.234. The van der Waals surface area contributed by atoms with Gasteiger partial charge in [0.05, 0.1) is 9.35 Å². The van der Waals surface area contributed by atoms with Gasteiger partial charge in [-0.15, -0.1) is 11.3 Å². The number of carboxylic acid groups (broad SMARTS) is 1. The SMILES string of the molecule is O=C(O)c1cc(C2CCCC2)sc1Br. The molecule has 0 aliphatic heterocycles. The molecule has 0 saturated heterocycles. The van der Waals surface area contributed by atoms with Gasteiger partial charge in [-0.3, -0.25) is 0 Å². The number of halogens is 1. The molecule has 2 nitrogen and oxygen atoms in total. The van der Waals surface area contributed by atoms with Crippen LogP contribution in [-0.4, -0.2) is 11.1 Å². The van der Waals surface area contributed by atoms with Gasteiger partial charge in [0.1, 0.15) is 0 Å². The van der Waals surface area contributed by atoms with Crippen LogP contribution in [0.25, 0.3) is 0 Å². The molecule has 0 unspecified atom stereocenters. The average Bonchev–Trinajstić information content (AvgIpc) is 2.70. The van der Waals surface area contributed by atoms with Crippen molar-refractivity contribution in [3.63, 3.8) is 0 Å². The third kappa shape index (κ3) is 1.86. The lowest BCUT2D eigenvalue weighted by Crippen LogP contribution is -1.94. The van der Waals surface area contributed by atoms with Gasteiger partial charge < -0.3 is 5.11 Å². The Morgan fingerprint density at radius 2 is 2.14 bits per heavy atom. The second kappa shape index (κ2) is 4.03. The summed E-state index contributed by atoms with van der Waals surface area (Å²) in [5, 5.41) is 8.90. The third-order valence-corrected chi connectivity index (χ3v) is 4.69. The van der Waals surface area contributed by atoms with Gasteiger partial charge in [0.25, 0.3) is 0 Å². The van der Waals surface area contributed by atoms with Crippen molar-refractivity contribution in [2.24, 2.45) is 0 Å². The van der Waals surface area contributed by atoms with Gasteiger partial charge >= 0.3 is 5.97 Å². The van der Waals surface area contributed by atoms with Crippen molar-refractivity contribution in [1.29, 1.82) is 0 Å². The van der Waals surface area contributed by atoms with Crippen molar-refractivity contribution in [3.05, 3.63) is 20.3 Å². The molecule has 0 spiro atoms. The zero-order valence-electron chi connectivity index (χ0n) is 7.62. The molecule has 1 aromatic rings. The van der Waals surface area contributed by atoms with Crippen molar-refractivity contribution in [2.45, 2.75) is 31.6 Å². The van der Waals surface area contributed by atoms with Crippen LogP contribution < -0.4 is 0 Å². The second-order valence-electron chi connectivity index (χ2n) is 3.62. The van der Waals surface area contributed by atoms with Crippen molar-refractivity contribution in [3.8, 4) is 0 Å². The minimum Gasteiger partial charge on any atom is -0.478 e.